The predicted octanol–water partition coefficient (Wildman–Crippen LogP) is 11.7. The first-order valence-corrected chi connectivity index (χ1v) is 23.2. The van der Waals surface area contributed by atoms with Gasteiger partial charge in [0.1, 0.15) is 13.2 Å². The van der Waals surface area contributed by atoms with Gasteiger partial charge in [-0.3, -0.25) is 13.8 Å². The van der Waals surface area contributed by atoms with Crippen molar-refractivity contribution >= 4 is 13.7 Å². The predicted molar refractivity (Wildman–Crippen MR) is 221 cm³/mol. The molecule has 3 atom stereocenters. The first-order valence-electron chi connectivity index (χ1n) is 21.7. The van der Waals surface area contributed by atoms with Crippen LogP contribution in [-0.4, -0.2) is 73.4 Å². The van der Waals surface area contributed by atoms with Gasteiger partial charge in [-0.2, -0.15) is 0 Å². The molecule has 0 aromatic heterocycles. The van der Waals surface area contributed by atoms with E-state index in [0.717, 1.165) is 38.5 Å². The smallest absolute Gasteiger partial charge is 0.387 e. The van der Waals surface area contributed by atoms with Crippen LogP contribution in [0.15, 0.2) is 24.3 Å². The molecule has 0 aromatic carbocycles. The third-order valence-corrected chi connectivity index (χ3v) is 10.7. The maximum Gasteiger partial charge on any atom is 0.472 e. The normalized spacial score (nSPS) is 14.7. The summed E-state index contributed by atoms with van der Waals surface area (Å²) in [4.78, 5) is 23.1. The summed E-state index contributed by atoms with van der Waals surface area (Å²) >= 11 is 0. The second-order valence-corrected chi connectivity index (χ2v) is 17.5. The van der Waals surface area contributed by atoms with E-state index >= 15 is 0 Å². The molecule has 0 saturated carbocycles. The van der Waals surface area contributed by atoms with Crippen molar-refractivity contribution in [2.24, 2.45) is 0 Å². The van der Waals surface area contributed by atoms with E-state index in [1.807, 2.05) is 27.2 Å². The molecule has 0 rings (SSSR count). The van der Waals surface area contributed by atoms with Crippen LogP contribution in [0.1, 0.15) is 194 Å². The van der Waals surface area contributed by atoms with Crippen LogP contribution in [0.4, 0.5) is 0 Å². The Balaban J connectivity index is 4.49. The van der Waals surface area contributed by atoms with E-state index in [1.54, 1.807) is 6.08 Å². The van der Waals surface area contributed by atoms with Crippen LogP contribution in [0.25, 0.3) is 0 Å². The van der Waals surface area contributed by atoms with Crippen LogP contribution in [0, 0.1) is 0 Å². The van der Waals surface area contributed by atoms with E-state index in [1.165, 1.54) is 135 Å². The lowest BCUT2D eigenvalue weighted by atomic mass is 10.0. The maximum atomic E-state index is 12.8. The lowest BCUT2D eigenvalue weighted by Gasteiger charge is -2.25. The number of quaternary nitrogens is 1. The zero-order chi connectivity index (χ0) is 38.6. The van der Waals surface area contributed by atoms with Gasteiger partial charge in [-0.1, -0.05) is 179 Å². The molecule has 0 spiro atoms. The maximum absolute atomic E-state index is 12.8. The molecule has 3 N–H and O–H groups in total. The standard InChI is InChI=1S/C43H85N2O6P/c1-6-8-10-12-14-16-18-20-22-23-24-26-28-30-32-34-36-42(46)41(40-51-52(48,49)50-39-38-45(3,4)5)44-43(47)37-35-33-31-29-27-25-21-19-17-15-13-11-9-7-2/h26,28,34,36,41-42,46H,6-25,27,29-33,35,37-40H2,1-5H3,(H-,44,47,48,49)/p+1/b28-26+,36-34+. The van der Waals surface area contributed by atoms with E-state index in [9.17, 15) is 19.4 Å². The number of amides is 1. The van der Waals surface area contributed by atoms with Crippen molar-refractivity contribution in [1.82, 2.24) is 5.32 Å². The minimum Gasteiger partial charge on any atom is -0.387 e. The molecule has 0 aliphatic carbocycles. The van der Waals surface area contributed by atoms with E-state index in [-0.39, 0.29) is 19.1 Å². The van der Waals surface area contributed by atoms with Gasteiger partial charge in [-0.15, -0.1) is 0 Å². The van der Waals surface area contributed by atoms with Gasteiger partial charge in [0.15, 0.2) is 0 Å². The molecule has 1 amide bonds. The molecule has 0 aliphatic rings. The third-order valence-electron chi connectivity index (χ3n) is 9.67. The number of rotatable bonds is 39. The van der Waals surface area contributed by atoms with Crippen molar-refractivity contribution in [2.75, 3.05) is 40.9 Å². The van der Waals surface area contributed by atoms with Gasteiger partial charge < -0.3 is 19.8 Å². The number of allylic oxidation sites excluding steroid dienone is 3. The lowest BCUT2D eigenvalue weighted by Crippen LogP contribution is -2.45. The molecule has 0 aliphatic heterocycles. The van der Waals surface area contributed by atoms with Crippen molar-refractivity contribution in [3.63, 3.8) is 0 Å². The molecule has 0 bridgehead atoms. The van der Waals surface area contributed by atoms with E-state index in [4.69, 9.17) is 9.05 Å². The van der Waals surface area contributed by atoms with Crippen LogP contribution in [0.2, 0.25) is 0 Å². The molecule has 0 aromatic rings. The van der Waals surface area contributed by atoms with Crippen LogP contribution < -0.4 is 5.32 Å². The molecule has 0 fully saturated rings. The largest absolute Gasteiger partial charge is 0.472 e. The minimum absolute atomic E-state index is 0.0581. The second kappa shape index (κ2) is 35.7. The summed E-state index contributed by atoms with van der Waals surface area (Å²) in [7, 11) is 1.56. The molecule has 52 heavy (non-hydrogen) atoms. The van der Waals surface area contributed by atoms with E-state index < -0.39 is 20.0 Å². The summed E-state index contributed by atoms with van der Waals surface area (Å²) in [5.41, 5.74) is 0. The number of carbonyl (C=O) groups excluding carboxylic acids is 1. The molecule has 308 valence electrons. The molecule has 0 radical (unpaired) electrons. The fourth-order valence-electron chi connectivity index (χ4n) is 6.17. The minimum atomic E-state index is -4.34. The Labute approximate surface area is 322 Å². The Bertz CT molecular complexity index is 907. The van der Waals surface area contributed by atoms with Crippen LogP contribution >= 0.6 is 7.82 Å². The number of nitrogens with one attached hydrogen (secondary N) is 1. The van der Waals surface area contributed by atoms with Gasteiger partial charge in [-0.25, -0.2) is 4.57 Å². The first-order chi connectivity index (χ1) is 25.0. The highest BCUT2D eigenvalue weighted by atomic mass is 31.2. The highest BCUT2D eigenvalue weighted by molar-refractivity contribution is 7.47. The molecule has 3 unspecified atom stereocenters. The number of phosphoric ester groups is 1. The summed E-state index contributed by atoms with van der Waals surface area (Å²) in [6.45, 7) is 4.79. The number of aliphatic hydroxyl groups is 1. The highest BCUT2D eigenvalue weighted by Crippen LogP contribution is 2.43. The van der Waals surface area contributed by atoms with Crippen molar-refractivity contribution in [1.29, 1.82) is 0 Å². The van der Waals surface area contributed by atoms with Gasteiger partial charge in [0.25, 0.3) is 0 Å². The summed E-state index contributed by atoms with van der Waals surface area (Å²) in [6, 6.07) is -0.857. The molecule has 8 nitrogen and oxygen atoms in total. The monoisotopic (exact) mass is 758 g/mol. The van der Waals surface area contributed by atoms with Gasteiger partial charge >= 0.3 is 7.82 Å². The fraction of sp³-hybridized carbons (Fsp3) is 0.884. The average molecular weight is 758 g/mol. The summed E-state index contributed by atoms with van der Waals surface area (Å²) < 4.78 is 23.5. The van der Waals surface area contributed by atoms with Crippen LogP contribution in [-0.2, 0) is 18.4 Å². The topological polar surface area (TPSA) is 105 Å². The second-order valence-electron chi connectivity index (χ2n) is 16.1. The Kier molecular flexibility index (Phi) is 35.0. The first kappa shape index (κ1) is 51.0. The van der Waals surface area contributed by atoms with Gasteiger partial charge in [-0.05, 0) is 32.1 Å². The number of carbonyl (C=O) groups is 1. The third kappa shape index (κ3) is 37.3. The number of hydrogen-bond donors (Lipinski definition) is 3. The number of phosphoric acid groups is 1. The summed E-state index contributed by atoms with van der Waals surface area (Å²) in [5.74, 6) is -0.186. The zero-order valence-electron chi connectivity index (χ0n) is 34.8. The molecular weight excluding hydrogens is 671 g/mol. The van der Waals surface area contributed by atoms with Gasteiger partial charge in [0, 0.05) is 6.42 Å². The van der Waals surface area contributed by atoms with E-state index in [2.05, 4.69) is 31.3 Å². The van der Waals surface area contributed by atoms with Crippen molar-refractivity contribution < 1.29 is 32.9 Å². The van der Waals surface area contributed by atoms with Crippen LogP contribution in [0.5, 0.6) is 0 Å². The summed E-state index contributed by atoms with van der Waals surface area (Å²) in [6.07, 6.45) is 41.0. The fourth-order valence-corrected chi connectivity index (χ4v) is 6.91. The van der Waals surface area contributed by atoms with E-state index in [0.29, 0.717) is 17.4 Å². The van der Waals surface area contributed by atoms with Crippen molar-refractivity contribution in [3.05, 3.63) is 24.3 Å². The van der Waals surface area contributed by atoms with Gasteiger partial charge in [0.2, 0.25) is 5.91 Å². The van der Waals surface area contributed by atoms with Gasteiger partial charge in [0.05, 0.1) is 39.9 Å². The summed E-state index contributed by atoms with van der Waals surface area (Å²) in [5, 5.41) is 13.8. The Morgan fingerprint density at radius 3 is 1.54 bits per heavy atom. The molecule has 0 heterocycles. The van der Waals surface area contributed by atoms with Crippen LogP contribution in [0.3, 0.4) is 0 Å². The lowest BCUT2D eigenvalue weighted by molar-refractivity contribution is -0.870. The number of aliphatic hydroxyl groups excluding tert-OH is 1. The number of nitrogens with zero attached hydrogens (tertiary/aromatic N) is 1. The van der Waals surface area contributed by atoms with Crippen molar-refractivity contribution in [3.8, 4) is 0 Å². The number of unbranched alkanes of at least 4 members (excludes halogenated alkanes) is 24. The average Bonchev–Trinajstić information content (AvgIpc) is 3.09. The number of hydrogen-bond acceptors (Lipinski definition) is 5. The molecule has 9 heteroatoms. The van der Waals surface area contributed by atoms with Crippen molar-refractivity contribution in [2.45, 2.75) is 206 Å². The molecule has 0 saturated heterocycles. The quantitative estimate of drug-likeness (QED) is 0.0250. The Morgan fingerprint density at radius 2 is 1.06 bits per heavy atom. The Morgan fingerprint density at radius 1 is 0.635 bits per heavy atom. The SMILES string of the molecule is CCCCCCCCCCCC/C=C/CC/C=C/C(O)C(COP(=O)(O)OCC[N+](C)(C)C)NC(=O)CCCCCCCCCCCCCCCC. The Hall–Kier alpha value is -1.02. The molecular formula is C43H86N2O6P+. The number of likely N-dealkylation sites (N-methyl/N-ethyl adjacent to an activating group) is 1. The zero-order valence-corrected chi connectivity index (χ0v) is 35.7. The highest BCUT2D eigenvalue weighted by Gasteiger charge is 2.27.